The average Bonchev–Trinajstić information content (AvgIpc) is 3.17. The minimum atomic E-state index is -1.00. The first-order valence-corrected chi connectivity index (χ1v) is 8.56. The van der Waals surface area contributed by atoms with Crippen LogP contribution in [0.1, 0.15) is 33.4 Å². The van der Waals surface area contributed by atoms with Crippen molar-refractivity contribution in [3.63, 3.8) is 0 Å². The van der Waals surface area contributed by atoms with Crippen molar-refractivity contribution >= 4 is 23.8 Å². The summed E-state index contributed by atoms with van der Waals surface area (Å²) >= 11 is 0. The number of carboxylic acids is 1. The number of carbonyl (C=O) groups excluding carboxylic acids is 1. The van der Waals surface area contributed by atoms with Gasteiger partial charge in [-0.15, -0.1) is 0 Å². The minimum absolute atomic E-state index is 0.173. The number of benzene rings is 2. The standard InChI is InChI=1S/C21H18N2O5/c1-2-27-21(26)15-8-6-14(7-9-15)19-11-10-18(28-19)13-22-23-17-5-3-4-16(12-17)20(24)25/h3-13,23H,2H2,1H3,(H,24,25)/b22-13-. The van der Waals surface area contributed by atoms with Crippen molar-refractivity contribution in [2.75, 3.05) is 12.0 Å². The van der Waals surface area contributed by atoms with Crippen molar-refractivity contribution in [1.29, 1.82) is 0 Å². The van der Waals surface area contributed by atoms with Crippen LogP contribution < -0.4 is 5.43 Å². The third-order valence-electron chi connectivity index (χ3n) is 3.80. The summed E-state index contributed by atoms with van der Waals surface area (Å²) in [6.45, 7) is 2.09. The fraction of sp³-hybridized carbons (Fsp3) is 0.0952. The van der Waals surface area contributed by atoms with Crippen molar-refractivity contribution in [2.45, 2.75) is 6.92 Å². The van der Waals surface area contributed by atoms with Gasteiger partial charge < -0.3 is 14.3 Å². The Labute approximate surface area is 161 Å². The predicted octanol–water partition coefficient (Wildman–Crippen LogP) is 4.27. The molecule has 3 rings (SSSR count). The molecule has 7 nitrogen and oxygen atoms in total. The van der Waals surface area contributed by atoms with Crippen molar-refractivity contribution in [2.24, 2.45) is 5.10 Å². The molecule has 0 amide bonds. The maximum atomic E-state index is 11.7. The maximum absolute atomic E-state index is 11.7. The normalized spacial score (nSPS) is 10.8. The summed E-state index contributed by atoms with van der Waals surface area (Å²) in [5.74, 6) is -0.215. The zero-order valence-corrected chi connectivity index (χ0v) is 15.1. The number of nitrogens with zero attached hydrogens (tertiary/aromatic N) is 1. The van der Waals surface area contributed by atoms with Crippen LogP contribution in [0.3, 0.4) is 0 Å². The lowest BCUT2D eigenvalue weighted by Gasteiger charge is -2.02. The largest absolute Gasteiger partial charge is 0.478 e. The second kappa shape index (κ2) is 8.68. The summed E-state index contributed by atoms with van der Waals surface area (Å²) in [7, 11) is 0. The van der Waals surface area contributed by atoms with Gasteiger partial charge in [-0.3, -0.25) is 5.43 Å². The molecule has 1 heterocycles. The lowest BCUT2D eigenvalue weighted by Crippen LogP contribution is -2.03. The molecule has 0 aliphatic rings. The Kier molecular flexibility index (Phi) is 5.86. The number of aromatic carboxylic acids is 1. The van der Waals surface area contributed by atoms with Crippen molar-refractivity contribution in [3.8, 4) is 11.3 Å². The van der Waals surface area contributed by atoms with Crippen LogP contribution in [0.15, 0.2) is 70.2 Å². The molecule has 0 bridgehead atoms. The number of carbonyl (C=O) groups is 2. The Morgan fingerprint density at radius 2 is 1.89 bits per heavy atom. The number of nitrogens with one attached hydrogen (secondary N) is 1. The van der Waals surface area contributed by atoms with Crippen LogP contribution >= 0.6 is 0 Å². The second-order valence-corrected chi connectivity index (χ2v) is 5.76. The number of hydrogen-bond donors (Lipinski definition) is 2. The molecule has 2 N–H and O–H groups in total. The Hall–Kier alpha value is -3.87. The molecule has 28 heavy (non-hydrogen) atoms. The molecule has 0 spiro atoms. The van der Waals surface area contributed by atoms with Gasteiger partial charge in [-0.1, -0.05) is 18.2 Å². The van der Waals surface area contributed by atoms with E-state index in [9.17, 15) is 9.59 Å². The van der Waals surface area contributed by atoms with Gasteiger partial charge in [0.25, 0.3) is 0 Å². The molecular weight excluding hydrogens is 360 g/mol. The summed E-state index contributed by atoms with van der Waals surface area (Å²) in [6, 6.07) is 16.8. The third kappa shape index (κ3) is 4.64. The molecule has 0 aliphatic carbocycles. The van der Waals surface area contributed by atoms with Crippen molar-refractivity contribution < 1.29 is 23.8 Å². The Balaban J connectivity index is 1.65. The van der Waals surface area contributed by atoms with E-state index in [0.29, 0.717) is 29.4 Å². The molecule has 3 aromatic rings. The first-order valence-electron chi connectivity index (χ1n) is 8.56. The SMILES string of the molecule is CCOC(=O)c1ccc(-c2ccc(/C=N\Nc3cccc(C(=O)O)c3)o2)cc1. The summed E-state index contributed by atoms with van der Waals surface area (Å²) in [6.07, 6.45) is 1.49. The van der Waals surface area contributed by atoms with Gasteiger partial charge in [0.2, 0.25) is 0 Å². The molecule has 2 aromatic carbocycles. The van der Waals surface area contributed by atoms with E-state index >= 15 is 0 Å². The van der Waals surface area contributed by atoms with Crippen LogP contribution in [0.25, 0.3) is 11.3 Å². The summed E-state index contributed by atoms with van der Waals surface area (Å²) in [4.78, 5) is 22.7. The Morgan fingerprint density at radius 3 is 2.61 bits per heavy atom. The van der Waals surface area contributed by atoms with E-state index in [1.165, 1.54) is 18.3 Å². The number of anilines is 1. The molecule has 0 unspecified atom stereocenters. The van der Waals surface area contributed by atoms with Crippen LogP contribution in [0.5, 0.6) is 0 Å². The van der Waals surface area contributed by atoms with Gasteiger partial charge >= 0.3 is 11.9 Å². The summed E-state index contributed by atoms with van der Waals surface area (Å²) < 4.78 is 10.7. The third-order valence-corrected chi connectivity index (χ3v) is 3.80. The van der Waals surface area contributed by atoms with Crippen LogP contribution in [-0.2, 0) is 4.74 Å². The topological polar surface area (TPSA) is 101 Å². The summed E-state index contributed by atoms with van der Waals surface area (Å²) in [5.41, 5.74) is 4.78. The van der Waals surface area contributed by atoms with Crippen LogP contribution in [0.4, 0.5) is 5.69 Å². The van der Waals surface area contributed by atoms with E-state index in [2.05, 4.69) is 10.5 Å². The predicted molar refractivity (Wildman–Crippen MR) is 105 cm³/mol. The highest BCUT2D eigenvalue weighted by molar-refractivity contribution is 5.90. The molecule has 1 aromatic heterocycles. The maximum Gasteiger partial charge on any atom is 0.338 e. The van der Waals surface area contributed by atoms with E-state index in [-0.39, 0.29) is 11.5 Å². The van der Waals surface area contributed by atoms with E-state index in [1.807, 2.05) is 0 Å². The highest BCUT2D eigenvalue weighted by atomic mass is 16.5. The quantitative estimate of drug-likeness (QED) is 0.362. The fourth-order valence-electron chi connectivity index (χ4n) is 2.45. The van der Waals surface area contributed by atoms with E-state index in [1.54, 1.807) is 55.5 Å². The zero-order valence-electron chi connectivity index (χ0n) is 15.1. The van der Waals surface area contributed by atoms with Crippen LogP contribution in [0, 0.1) is 0 Å². The first kappa shape index (κ1) is 18.9. The fourth-order valence-corrected chi connectivity index (χ4v) is 2.45. The Morgan fingerprint density at radius 1 is 1.11 bits per heavy atom. The lowest BCUT2D eigenvalue weighted by molar-refractivity contribution is 0.0526. The number of hydrogen-bond acceptors (Lipinski definition) is 6. The van der Waals surface area contributed by atoms with E-state index in [0.717, 1.165) is 5.56 Å². The number of esters is 1. The summed E-state index contributed by atoms with van der Waals surface area (Å²) in [5, 5.41) is 13.0. The monoisotopic (exact) mass is 378 g/mol. The molecule has 142 valence electrons. The molecular formula is C21H18N2O5. The highest BCUT2D eigenvalue weighted by Crippen LogP contribution is 2.22. The Bertz CT molecular complexity index is 1010. The molecule has 0 radical (unpaired) electrons. The van der Waals surface area contributed by atoms with Gasteiger partial charge in [0, 0.05) is 5.56 Å². The van der Waals surface area contributed by atoms with Crippen LogP contribution in [-0.4, -0.2) is 29.9 Å². The highest BCUT2D eigenvalue weighted by Gasteiger charge is 2.08. The van der Waals surface area contributed by atoms with Gasteiger partial charge in [0.15, 0.2) is 0 Å². The van der Waals surface area contributed by atoms with Gasteiger partial charge in [0.1, 0.15) is 11.5 Å². The molecule has 0 saturated carbocycles. The molecule has 0 saturated heterocycles. The number of hydrazone groups is 1. The number of carboxylic acid groups (broad SMARTS) is 1. The van der Waals surface area contributed by atoms with Crippen molar-refractivity contribution in [3.05, 3.63) is 77.6 Å². The van der Waals surface area contributed by atoms with E-state index < -0.39 is 5.97 Å². The number of ether oxygens (including phenoxy) is 1. The van der Waals surface area contributed by atoms with E-state index in [4.69, 9.17) is 14.3 Å². The smallest absolute Gasteiger partial charge is 0.338 e. The number of furan rings is 1. The van der Waals surface area contributed by atoms with Gasteiger partial charge in [-0.2, -0.15) is 5.10 Å². The number of rotatable bonds is 7. The van der Waals surface area contributed by atoms with Crippen molar-refractivity contribution in [1.82, 2.24) is 0 Å². The lowest BCUT2D eigenvalue weighted by atomic mass is 10.1. The average molecular weight is 378 g/mol. The molecule has 0 aliphatic heterocycles. The molecule has 7 heteroatoms. The molecule has 0 atom stereocenters. The minimum Gasteiger partial charge on any atom is -0.478 e. The van der Waals surface area contributed by atoms with Crippen LogP contribution in [0.2, 0.25) is 0 Å². The zero-order chi connectivity index (χ0) is 19.9. The molecule has 0 fully saturated rings. The van der Waals surface area contributed by atoms with Gasteiger partial charge in [0.05, 0.1) is 29.6 Å². The first-order chi connectivity index (χ1) is 13.6. The second-order valence-electron chi connectivity index (χ2n) is 5.76. The van der Waals surface area contributed by atoms with Gasteiger partial charge in [-0.25, -0.2) is 9.59 Å². The van der Waals surface area contributed by atoms with Gasteiger partial charge in [-0.05, 0) is 49.4 Å².